The minimum atomic E-state index is -0.754. The van der Waals surface area contributed by atoms with Crippen LogP contribution in [0.25, 0.3) is 0 Å². The van der Waals surface area contributed by atoms with Gasteiger partial charge in [-0.15, -0.1) is 0 Å². The predicted molar refractivity (Wildman–Crippen MR) is 101 cm³/mol. The summed E-state index contributed by atoms with van der Waals surface area (Å²) < 4.78 is 7.51. The van der Waals surface area contributed by atoms with Crippen LogP contribution in [0.2, 0.25) is 0 Å². The molecule has 2 amide bonds. The van der Waals surface area contributed by atoms with E-state index in [4.69, 9.17) is 4.74 Å². The molecule has 3 rings (SSSR count). The number of ether oxygens (including phenoxy) is 1. The number of hydrogen-bond donors (Lipinski definition) is 1. The van der Waals surface area contributed by atoms with E-state index in [1.54, 1.807) is 11.9 Å². The number of aromatic nitrogens is 2. The standard InChI is InChI=1S/C20H26N4O3/c1-5-24-11-15(14(3)22-24)10-21-20(26)19-18(23(4)17(25)12-27-19)16-9-7-6-8-13(16)2/h6-9,11,18-19H,5,10,12H2,1-4H3,(H,21,26). The van der Waals surface area contributed by atoms with E-state index in [2.05, 4.69) is 10.4 Å². The zero-order valence-electron chi connectivity index (χ0n) is 16.2. The van der Waals surface area contributed by atoms with E-state index in [1.165, 1.54) is 0 Å². The smallest absolute Gasteiger partial charge is 0.251 e. The Labute approximate surface area is 159 Å². The Hall–Kier alpha value is -2.67. The van der Waals surface area contributed by atoms with E-state index in [1.807, 2.05) is 55.9 Å². The largest absolute Gasteiger partial charge is 0.356 e. The normalized spacial score (nSPS) is 20.0. The lowest BCUT2D eigenvalue weighted by Gasteiger charge is -2.38. The third kappa shape index (κ3) is 3.88. The molecule has 1 aromatic heterocycles. The molecule has 7 nitrogen and oxygen atoms in total. The van der Waals surface area contributed by atoms with Crippen molar-refractivity contribution in [3.8, 4) is 0 Å². The van der Waals surface area contributed by atoms with Crippen molar-refractivity contribution in [1.82, 2.24) is 20.0 Å². The maximum Gasteiger partial charge on any atom is 0.251 e. The third-order valence-corrected chi connectivity index (χ3v) is 5.07. The summed E-state index contributed by atoms with van der Waals surface area (Å²) in [4.78, 5) is 26.7. The SMILES string of the molecule is CCn1cc(CNC(=O)C2OCC(=O)N(C)C2c2ccccc2C)c(C)n1. The number of carbonyl (C=O) groups excluding carboxylic acids is 2. The van der Waals surface area contributed by atoms with Gasteiger partial charge in [0.2, 0.25) is 5.91 Å². The van der Waals surface area contributed by atoms with Gasteiger partial charge < -0.3 is 15.0 Å². The molecule has 2 atom stereocenters. The molecule has 1 aliphatic rings. The van der Waals surface area contributed by atoms with Crippen molar-refractivity contribution in [3.63, 3.8) is 0 Å². The Balaban J connectivity index is 1.79. The second kappa shape index (κ2) is 7.92. The fraction of sp³-hybridized carbons (Fsp3) is 0.450. The van der Waals surface area contributed by atoms with Crippen LogP contribution < -0.4 is 5.32 Å². The molecule has 7 heteroatoms. The summed E-state index contributed by atoms with van der Waals surface area (Å²) in [5.41, 5.74) is 3.80. The molecule has 1 saturated heterocycles. The Morgan fingerprint density at radius 3 is 2.74 bits per heavy atom. The van der Waals surface area contributed by atoms with Crippen LogP contribution in [0.1, 0.15) is 35.3 Å². The van der Waals surface area contributed by atoms with Gasteiger partial charge in [-0.25, -0.2) is 0 Å². The van der Waals surface area contributed by atoms with E-state index in [0.29, 0.717) is 6.54 Å². The average Bonchev–Trinajstić information content (AvgIpc) is 3.02. The van der Waals surface area contributed by atoms with Crippen LogP contribution in [-0.2, 0) is 27.4 Å². The van der Waals surface area contributed by atoms with E-state index in [0.717, 1.165) is 28.9 Å². The van der Waals surface area contributed by atoms with Crippen molar-refractivity contribution >= 4 is 11.8 Å². The number of hydrogen-bond acceptors (Lipinski definition) is 4. The van der Waals surface area contributed by atoms with Crippen LogP contribution in [0.4, 0.5) is 0 Å². The second-order valence-corrected chi connectivity index (χ2v) is 6.85. The fourth-order valence-corrected chi connectivity index (χ4v) is 3.40. The van der Waals surface area contributed by atoms with Crippen molar-refractivity contribution in [3.05, 3.63) is 52.8 Å². The number of likely N-dealkylation sites (N-methyl/N-ethyl adjacent to an activating group) is 1. The Kier molecular flexibility index (Phi) is 5.60. The molecule has 27 heavy (non-hydrogen) atoms. The maximum atomic E-state index is 12.9. The third-order valence-electron chi connectivity index (χ3n) is 5.07. The number of amides is 2. The van der Waals surface area contributed by atoms with Gasteiger partial charge in [-0.05, 0) is 31.9 Å². The fourth-order valence-electron chi connectivity index (χ4n) is 3.40. The molecule has 0 bridgehead atoms. The van der Waals surface area contributed by atoms with E-state index >= 15 is 0 Å². The quantitative estimate of drug-likeness (QED) is 0.870. The van der Waals surface area contributed by atoms with Crippen LogP contribution in [0, 0.1) is 13.8 Å². The molecule has 0 spiro atoms. The van der Waals surface area contributed by atoms with Crippen molar-refractivity contribution in [1.29, 1.82) is 0 Å². The van der Waals surface area contributed by atoms with Gasteiger partial charge in [0, 0.05) is 31.9 Å². The second-order valence-electron chi connectivity index (χ2n) is 6.85. The zero-order valence-corrected chi connectivity index (χ0v) is 16.2. The molecule has 144 valence electrons. The molecule has 1 aromatic carbocycles. The molecule has 0 radical (unpaired) electrons. The topological polar surface area (TPSA) is 76.5 Å². The van der Waals surface area contributed by atoms with Gasteiger partial charge in [-0.2, -0.15) is 5.10 Å². The summed E-state index contributed by atoms with van der Waals surface area (Å²) in [5, 5.41) is 7.34. The van der Waals surface area contributed by atoms with Gasteiger partial charge in [0.25, 0.3) is 5.91 Å². The number of nitrogens with one attached hydrogen (secondary N) is 1. The predicted octanol–water partition coefficient (Wildman–Crippen LogP) is 1.73. The number of nitrogens with zero attached hydrogens (tertiary/aromatic N) is 3. The Morgan fingerprint density at radius 2 is 2.07 bits per heavy atom. The summed E-state index contributed by atoms with van der Waals surface area (Å²) in [6, 6.07) is 7.31. The maximum absolute atomic E-state index is 12.9. The number of rotatable bonds is 5. The number of morpholine rings is 1. The molecule has 2 heterocycles. The van der Waals surface area contributed by atoms with Crippen LogP contribution in [0.15, 0.2) is 30.5 Å². The number of carbonyl (C=O) groups is 2. The van der Waals surface area contributed by atoms with Crippen LogP contribution in [0.5, 0.6) is 0 Å². The number of benzene rings is 1. The van der Waals surface area contributed by atoms with Gasteiger partial charge in [-0.1, -0.05) is 24.3 Å². The van der Waals surface area contributed by atoms with E-state index in [-0.39, 0.29) is 18.4 Å². The summed E-state index contributed by atoms with van der Waals surface area (Å²) in [7, 11) is 1.72. The molecule has 1 N–H and O–H groups in total. The van der Waals surface area contributed by atoms with Gasteiger partial charge in [-0.3, -0.25) is 14.3 Å². The van der Waals surface area contributed by atoms with Gasteiger partial charge in [0.05, 0.1) is 11.7 Å². The number of aryl methyl sites for hydroxylation is 3. The van der Waals surface area contributed by atoms with E-state index in [9.17, 15) is 9.59 Å². The molecule has 0 aliphatic carbocycles. The minimum absolute atomic E-state index is 0.0935. The van der Waals surface area contributed by atoms with Crippen LogP contribution >= 0.6 is 0 Å². The summed E-state index contributed by atoms with van der Waals surface area (Å²) in [6.45, 7) is 6.98. The Bertz CT molecular complexity index is 846. The van der Waals surface area contributed by atoms with Crippen molar-refractivity contribution in [2.24, 2.45) is 0 Å². The first-order valence-electron chi connectivity index (χ1n) is 9.15. The molecule has 1 aliphatic heterocycles. The Morgan fingerprint density at radius 1 is 1.33 bits per heavy atom. The molecule has 2 aromatic rings. The lowest BCUT2D eigenvalue weighted by Crippen LogP contribution is -2.53. The van der Waals surface area contributed by atoms with Gasteiger partial charge in [0.15, 0.2) is 6.10 Å². The summed E-state index contributed by atoms with van der Waals surface area (Å²) >= 11 is 0. The molecule has 0 saturated carbocycles. The molecular formula is C20H26N4O3. The monoisotopic (exact) mass is 370 g/mol. The minimum Gasteiger partial charge on any atom is -0.356 e. The highest BCUT2D eigenvalue weighted by atomic mass is 16.5. The van der Waals surface area contributed by atoms with Crippen LogP contribution in [-0.4, -0.2) is 46.3 Å². The average molecular weight is 370 g/mol. The first kappa shape index (κ1) is 19.1. The van der Waals surface area contributed by atoms with Crippen molar-refractivity contribution in [2.75, 3.05) is 13.7 Å². The summed E-state index contributed by atoms with van der Waals surface area (Å²) in [5.74, 6) is -0.362. The highest BCUT2D eigenvalue weighted by molar-refractivity contribution is 5.86. The molecule has 1 fully saturated rings. The molecular weight excluding hydrogens is 344 g/mol. The van der Waals surface area contributed by atoms with Crippen molar-refractivity contribution in [2.45, 2.75) is 46.0 Å². The summed E-state index contributed by atoms with van der Waals surface area (Å²) in [6.07, 6.45) is 1.18. The van der Waals surface area contributed by atoms with Gasteiger partial charge >= 0.3 is 0 Å². The van der Waals surface area contributed by atoms with Crippen molar-refractivity contribution < 1.29 is 14.3 Å². The first-order valence-corrected chi connectivity index (χ1v) is 9.15. The first-order chi connectivity index (χ1) is 12.9. The molecule has 2 unspecified atom stereocenters. The lowest BCUT2D eigenvalue weighted by molar-refractivity contribution is -0.162. The van der Waals surface area contributed by atoms with Crippen LogP contribution in [0.3, 0.4) is 0 Å². The van der Waals surface area contributed by atoms with E-state index < -0.39 is 12.1 Å². The highest BCUT2D eigenvalue weighted by Crippen LogP contribution is 2.31. The highest BCUT2D eigenvalue weighted by Gasteiger charge is 2.40. The lowest BCUT2D eigenvalue weighted by atomic mass is 9.94. The zero-order chi connectivity index (χ0) is 19.6. The van der Waals surface area contributed by atoms with Gasteiger partial charge in [0.1, 0.15) is 6.61 Å².